The van der Waals surface area contributed by atoms with Crippen LogP contribution in [-0.4, -0.2) is 18.0 Å². The lowest BCUT2D eigenvalue weighted by atomic mass is 9.89. The Morgan fingerprint density at radius 1 is 1.40 bits per heavy atom. The van der Waals surface area contributed by atoms with Gasteiger partial charge < -0.3 is 9.47 Å². The molecule has 2 saturated heterocycles. The maximum atomic E-state index is 5.56. The van der Waals surface area contributed by atoms with Gasteiger partial charge in [0.2, 0.25) is 0 Å². The molecule has 58 valence electrons. The molecule has 10 heavy (non-hydrogen) atoms. The molecular formula is C8H14O2. The van der Waals surface area contributed by atoms with E-state index in [2.05, 4.69) is 13.8 Å². The lowest BCUT2D eigenvalue weighted by molar-refractivity contribution is -0.418. The molecule has 2 rings (SSSR count). The van der Waals surface area contributed by atoms with Crippen LogP contribution < -0.4 is 0 Å². The van der Waals surface area contributed by atoms with Crippen molar-refractivity contribution in [1.29, 1.82) is 0 Å². The molecule has 2 fully saturated rings. The Balaban J connectivity index is 1.80. The van der Waals surface area contributed by atoms with E-state index in [1.807, 2.05) is 0 Å². The van der Waals surface area contributed by atoms with Crippen molar-refractivity contribution in [3.8, 4) is 0 Å². The molecule has 0 N–H and O–H groups in total. The van der Waals surface area contributed by atoms with Gasteiger partial charge in [0, 0.05) is 12.8 Å². The molecule has 3 unspecified atom stereocenters. The predicted molar refractivity (Wildman–Crippen MR) is 37.7 cm³/mol. The molecule has 0 aromatic rings. The molecule has 0 aromatic carbocycles. The highest BCUT2D eigenvalue weighted by Crippen LogP contribution is 2.46. The Labute approximate surface area is 61.5 Å². The third kappa shape index (κ3) is 0.789. The number of rotatable bonds is 1. The van der Waals surface area contributed by atoms with Crippen molar-refractivity contribution in [2.75, 3.05) is 0 Å². The molecular weight excluding hydrogens is 128 g/mol. The van der Waals surface area contributed by atoms with Gasteiger partial charge in [0.1, 0.15) is 0 Å². The second-order valence-electron chi connectivity index (χ2n) is 3.40. The first kappa shape index (κ1) is 6.62. The van der Waals surface area contributed by atoms with Gasteiger partial charge >= 0.3 is 0 Å². The van der Waals surface area contributed by atoms with E-state index in [4.69, 9.17) is 9.47 Å². The summed E-state index contributed by atoms with van der Waals surface area (Å²) in [7, 11) is 0. The van der Waals surface area contributed by atoms with Crippen LogP contribution in [0.25, 0.3) is 0 Å². The van der Waals surface area contributed by atoms with Gasteiger partial charge in [-0.05, 0) is 13.3 Å². The fourth-order valence-corrected chi connectivity index (χ4v) is 1.87. The van der Waals surface area contributed by atoms with E-state index >= 15 is 0 Å². The minimum absolute atomic E-state index is 0.111. The molecule has 2 heteroatoms. The lowest BCUT2D eigenvalue weighted by Gasteiger charge is -2.55. The Hall–Kier alpha value is -0.0800. The summed E-state index contributed by atoms with van der Waals surface area (Å²) in [4.78, 5) is 0. The van der Waals surface area contributed by atoms with Gasteiger partial charge in [-0.3, -0.25) is 0 Å². The number of ether oxygens (including phenoxy) is 2. The van der Waals surface area contributed by atoms with Crippen LogP contribution in [0.15, 0.2) is 0 Å². The summed E-state index contributed by atoms with van der Waals surface area (Å²) >= 11 is 0. The fraction of sp³-hybridized carbons (Fsp3) is 1.00. The molecule has 2 aliphatic rings. The summed E-state index contributed by atoms with van der Waals surface area (Å²) in [6, 6.07) is 0. The molecule has 0 amide bonds. The van der Waals surface area contributed by atoms with Crippen molar-refractivity contribution >= 4 is 0 Å². The molecule has 2 aliphatic heterocycles. The van der Waals surface area contributed by atoms with Crippen LogP contribution in [0.4, 0.5) is 0 Å². The molecule has 2 heterocycles. The zero-order chi connectivity index (χ0) is 7.19. The molecule has 2 nitrogen and oxygen atoms in total. The maximum Gasteiger partial charge on any atom is 0.173 e. The van der Waals surface area contributed by atoms with E-state index in [9.17, 15) is 0 Å². The van der Waals surface area contributed by atoms with Crippen molar-refractivity contribution in [3.05, 3.63) is 0 Å². The highest BCUT2D eigenvalue weighted by Gasteiger charge is 2.54. The average Bonchev–Trinajstić information content (AvgIpc) is 1.74. The van der Waals surface area contributed by atoms with Crippen LogP contribution in [0.3, 0.4) is 0 Å². The first-order chi connectivity index (χ1) is 4.74. The normalized spacial score (nSPS) is 52.2. The van der Waals surface area contributed by atoms with E-state index in [1.165, 1.54) is 0 Å². The van der Waals surface area contributed by atoms with Gasteiger partial charge in [0.25, 0.3) is 0 Å². The smallest absolute Gasteiger partial charge is 0.173 e. The molecule has 1 spiro atoms. The monoisotopic (exact) mass is 142 g/mol. The SMILES string of the molecule is CCC1CC2(CC(C)O2)O1. The Kier molecular flexibility index (Phi) is 1.29. The third-order valence-electron chi connectivity index (χ3n) is 2.39. The Bertz CT molecular complexity index is 130. The highest BCUT2D eigenvalue weighted by molar-refractivity contribution is 4.93. The van der Waals surface area contributed by atoms with Crippen LogP contribution in [0.1, 0.15) is 33.1 Å². The Morgan fingerprint density at radius 2 is 2.00 bits per heavy atom. The molecule has 3 atom stereocenters. The molecule has 0 aliphatic carbocycles. The molecule has 0 aromatic heterocycles. The second-order valence-corrected chi connectivity index (χ2v) is 3.40. The molecule has 0 bridgehead atoms. The second kappa shape index (κ2) is 1.95. The summed E-state index contributed by atoms with van der Waals surface area (Å²) in [5.74, 6) is -0.111. The lowest BCUT2D eigenvalue weighted by Crippen LogP contribution is -2.61. The maximum absolute atomic E-state index is 5.56. The standard InChI is InChI=1S/C8H14O2/c1-3-7-5-8(10-7)4-6(2)9-8/h6-7H,3-5H2,1-2H3. The van der Waals surface area contributed by atoms with Gasteiger partial charge in [-0.25, -0.2) is 0 Å². The van der Waals surface area contributed by atoms with E-state index in [0.29, 0.717) is 12.2 Å². The third-order valence-corrected chi connectivity index (χ3v) is 2.39. The van der Waals surface area contributed by atoms with Crippen molar-refractivity contribution in [2.45, 2.75) is 51.1 Å². The van der Waals surface area contributed by atoms with E-state index in [-0.39, 0.29) is 5.79 Å². The van der Waals surface area contributed by atoms with Crippen LogP contribution in [0, 0.1) is 0 Å². The van der Waals surface area contributed by atoms with Crippen LogP contribution in [0.5, 0.6) is 0 Å². The van der Waals surface area contributed by atoms with Gasteiger partial charge in [0.15, 0.2) is 5.79 Å². The van der Waals surface area contributed by atoms with Gasteiger partial charge in [-0.1, -0.05) is 6.92 Å². The summed E-state index contributed by atoms with van der Waals surface area (Å²) < 4.78 is 11.0. The van der Waals surface area contributed by atoms with E-state index < -0.39 is 0 Å². The van der Waals surface area contributed by atoms with Crippen LogP contribution in [-0.2, 0) is 9.47 Å². The van der Waals surface area contributed by atoms with Crippen LogP contribution in [0.2, 0.25) is 0 Å². The molecule has 0 radical (unpaired) electrons. The summed E-state index contributed by atoms with van der Waals surface area (Å²) in [6.45, 7) is 4.24. The van der Waals surface area contributed by atoms with E-state index in [0.717, 1.165) is 19.3 Å². The van der Waals surface area contributed by atoms with Gasteiger partial charge in [-0.15, -0.1) is 0 Å². The fourth-order valence-electron chi connectivity index (χ4n) is 1.87. The number of hydrogen-bond acceptors (Lipinski definition) is 2. The minimum atomic E-state index is -0.111. The van der Waals surface area contributed by atoms with Crippen molar-refractivity contribution in [3.63, 3.8) is 0 Å². The summed E-state index contributed by atoms with van der Waals surface area (Å²) in [6.07, 6.45) is 4.25. The molecule has 0 saturated carbocycles. The Morgan fingerprint density at radius 3 is 2.40 bits per heavy atom. The average molecular weight is 142 g/mol. The van der Waals surface area contributed by atoms with Crippen molar-refractivity contribution in [1.82, 2.24) is 0 Å². The quantitative estimate of drug-likeness (QED) is 0.554. The predicted octanol–water partition coefficient (Wildman–Crippen LogP) is 1.69. The van der Waals surface area contributed by atoms with Gasteiger partial charge in [-0.2, -0.15) is 0 Å². The van der Waals surface area contributed by atoms with Crippen molar-refractivity contribution in [2.24, 2.45) is 0 Å². The zero-order valence-electron chi connectivity index (χ0n) is 6.59. The zero-order valence-corrected chi connectivity index (χ0v) is 6.59. The van der Waals surface area contributed by atoms with Crippen molar-refractivity contribution < 1.29 is 9.47 Å². The summed E-state index contributed by atoms with van der Waals surface area (Å²) in [5, 5.41) is 0. The minimum Gasteiger partial charge on any atom is -0.347 e. The highest BCUT2D eigenvalue weighted by atomic mass is 16.7. The number of hydrogen-bond donors (Lipinski definition) is 0. The first-order valence-electron chi connectivity index (χ1n) is 4.10. The largest absolute Gasteiger partial charge is 0.347 e. The van der Waals surface area contributed by atoms with Gasteiger partial charge in [0.05, 0.1) is 12.2 Å². The summed E-state index contributed by atoms with van der Waals surface area (Å²) in [5.41, 5.74) is 0. The van der Waals surface area contributed by atoms with E-state index in [1.54, 1.807) is 0 Å². The van der Waals surface area contributed by atoms with Crippen LogP contribution >= 0.6 is 0 Å². The first-order valence-corrected chi connectivity index (χ1v) is 4.10. The topological polar surface area (TPSA) is 18.5 Å².